The number of hydrazine groups is 1. The number of amides is 1. The van der Waals surface area contributed by atoms with Crippen LogP contribution in [0.5, 0.6) is 0 Å². The van der Waals surface area contributed by atoms with Crippen molar-refractivity contribution in [1.82, 2.24) is 10.3 Å². The van der Waals surface area contributed by atoms with E-state index < -0.39 is 30.5 Å². The molecule has 1 aliphatic heterocycles. The summed E-state index contributed by atoms with van der Waals surface area (Å²) in [7, 11) is 1.44. The number of rotatable bonds is 11. The fourth-order valence-electron chi connectivity index (χ4n) is 4.46. The molecule has 1 aliphatic rings. The summed E-state index contributed by atoms with van der Waals surface area (Å²) in [4.78, 5) is 14.9. The van der Waals surface area contributed by atoms with Crippen LogP contribution in [0.15, 0.2) is 53.9 Å². The SMILES string of the molecule is CCN(CC)c1ccc2cc(/C=C(\C#N)C(=O)NC/C(N)=C/N(N)C[C@H]3O[C@H](OC)C[C@@H](O)[C@@H]3O)ccc2c1. The van der Waals surface area contributed by atoms with Crippen LogP contribution in [0.25, 0.3) is 16.8 Å². The molecule has 2 aromatic carbocycles. The number of hydrogen-bond donors (Lipinski definition) is 5. The van der Waals surface area contributed by atoms with E-state index >= 15 is 0 Å². The molecule has 2 aromatic rings. The molecule has 0 spiro atoms. The zero-order valence-corrected chi connectivity index (χ0v) is 22.6. The number of carbonyl (C=O) groups is 1. The molecule has 1 heterocycles. The number of nitrogens with zero attached hydrogens (tertiary/aromatic N) is 3. The summed E-state index contributed by atoms with van der Waals surface area (Å²) >= 11 is 0. The van der Waals surface area contributed by atoms with Gasteiger partial charge in [-0.15, -0.1) is 0 Å². The van der Waals surface area contributed by atoms with Crippen LogP contribution in [0.2, 0.25) is 0 Å². The van der Waals surface area contributed by atoms with E-state index in [2.05, 4.69) is 36.2 Å². The molecule has 0 saturated carbocycles. The third-order valence-corrected chi connectivity index (χ3v) is 6.63. The van der Waals surface area contributed by atoms with Gasteiger partial charge < -0.3 is 40.6 Å². The predicted molar refractivity (Wildman–Crippen MR) is 150 cm³/mol. The molecular formula is C28H38N6O5. The Morgan fingerprint density at radius 1 is 1.23 bits per heavy atom. The minimum atomic E-state index is -1.14. The van der Waals surface area contributed by atoms with E-state index in [9.17, 15) is 20.3 Å². The first-order valence-corrected chi connectivity index (χ1v) is 12.9. The Morgan fingerprint density at radius 2 is 1.92 bits per heavy atom. The van der Waals surface area contributed by atoms with E-state index in [1.807, 2.05) is 30.3 Å². The average Bonchev–Trinajstić information content (AvgIpc) is 2.93. The minimum Gasteiger partial charge on any atom is -0.399 e. The third-order valence-electron chi connectivity index (χ3n) is 6.63. The number of benzene rings is 2. The van der Waals surface area contributed by atoms with Crippen LogP contribution in [0.4, 0.5) is 5.69 Å². The molecule has 7 N–H and O–H groups in total. The van der Waals surface area contributed by atoms with Crippen molar-refractivity contribution in [3.8, 4) is 6.07 Å². The molecule has 210 valence electrons. The maximum Gasteiger partial charge on any atom is 0.262 e. The molecule has 39 heavy (non-hydrogen) atoms. The molecule has 0 aromatic heterocycles. The number of ether oxygens (including phenoxy) is 2. The predicted octanol–water partition coefficient (Wildman–Crippen LogP) is 1.17. The molecule has 3 rings (SSSR count). The summed E-state index contributed by atoms with van der Waals surface area (Å²) in [6, 6.07) is 13.9. The first-order chi connectivity index (χ1) is 18.7. The maximum absolute atomic E-state index is 12.7. The molecule has 0 unspecified atom stereocenters. The Morgan fingerprint density at radius 3 is 2.59 bits per heavy atom. The van der Waals surface area contributed by atoms with Crippen LogP contribution in [-0.2, 0) is 14.3 Å². The number of fused-ring (bicyclic) bond motifs is 1. The molecule has 1 saturated heterocycles. The lowest BCUT2D eigenvalue weighted by atomic mass is 10.0. The van der Waals surface area contributed by atoms with Crippen LogP contribution >= 0.6 is 0 Å². The highest BCUT2D eigenvalue weighted by Gasteiger charge is 2.37. The van der Waals surface area contributed by atoms with Gasteiger partial charge in [-0.05, 0) is 54.5 Å². The fourth-order valence-corrected chi connectivity index (χ4v) is 4.46. The third kappa shape index (κ3) is 7.92. The summed E-state index contributed by atoms with van der Waals surface area (Å²) in [5, 5.41) is 35.6. The normalized spacial score (nSPS) is 21.9. The van der Waals surface area contributed by atoms with E-state index in [1.54, 1.807) is 0 Å². The van der Waals surface area contributed by atoms with E-state index in [1.165, 1.54) is 24.4 Å². The largest absolute Gasteiger partial charge is 0.399 e. The second-order valence-electron chi connectivity index (χ2n) is 9.35. The highest BCUT2D eigenvalue weighted by molar-refractivity contribution is 6.02. The minimum absolute atomic E-state index is 0.0223. The van der Waals surface area contributed by atoms with Crippen molar-refractivity contribution in [2.75, 3.05) is 38.2 Å². The van der Waals surface area contributed by atoms with Gasteiger partial charge in [0.15, 0.2) is 6.29 Å². The Hall–Kier alpha value is -3.66. The van der Waals surface area contributed by atoms with Crippen molar-refractivity contribution in [3.05, 3.63) is 59.4 Å². The first-order valence-electron chi connectivity index (χ1n) is 12.9. The molecule has 1 fully saturated rings. The topological polar surface area (TPSA) is 170 Å². The van der Waals surface area contributed by atoms with Gasteiger partial charge in [0.25, 0.3) is 5.91 Å². The summed E-state index contributed by atoms with van der Waals surface area (Å²) < 4.78 is 10.7. The van der Waals surface area contributed by atoms with E-state index in [4.69, 9.17) is 21.1 Å². The Kier molecular flexibility index (Phi) is 10.7. The number of carbonyl (C=O) groups excluding carboxylic acids is 1. The molecule has 0 bridgehead atoms. The van der Waals surface area contributed by atoms with E-state index in [0.29, 0.717) is 0 Å². The monoisotopic (exact) mass is 538 g/mol. The van der Waals surface area contributed by atoms with Crippen LogP contribution in [-0.4, -0.2) is 79.0 Å². The number of aliphatic hydroxyl groups excluding tert-OH is 2. The van der Waals surface area contributed by atoms with Gasteiger partial charge >= 0.3 is 0 Å². The van der Waals surface area contributed by atoms with Crippen molar-refractivity contribution in [1.29, 1.82) is 5.26 Å². The van der Waals surface area contributed by atoms with Crippen molar-refractivity contribution in [2.24, 2.45) is 11.6 Å². The Bertz CT molecular complexity index is 1240. The molecule has 0 radical (unpaired) electrons. The van der Waals surface area contributed by atoms with Gasteiger partial charge in [-0.25, -0.2) is 5.84 Å². The van der Waals surface area contributed by atoms with Crippen LogP contribution in [0, 0.1) is 11.3 Å². The highest BCUT2D eigenvalue weighted by Crippen LogP contribution is 2.24. The zero-order valence-electron chi connectivity index (χ0n) is 22.6. The number of hydrogen-bond acceptors (Lipinski definition) is 10. The van der Waals surface area contributed by atoms with Crippen LogP contribution < -0.4 is 21.8 Å². The first kappa shape index (κ1) is 29.9. The molecule has 11 nitrogen and oxygen atoms in total. The highest BCUT2D eigenvalue weighted by atomic mass is 16.7. The standard InChI is InChI=1S/C28H38N6O5/c1-4-33(5-2)23-9-8-19-10-18(6-7-20(19)12-23)11-21(14-29)28(37)32-15-22(30)16-34(31)17-25-27(36)24(35)13-26(38-3)39-25/h6-12,16,24-27,35-36H,4-5,13,15,17,30-31H2,1-3H3,(H,32,37)/b21-11+,22-16-/t24-,25-,26+,27+/m1/s1. The van der Waals surface area contributed by atoms with Gasteiger partial charge in [-0.1, -0.05) is 18.2 Å². The molecule has 1 amide bonds. The number of nitrogens with two attached hydrogens (primary N) is 2. The molecular weight excluding hydrogens is 500 g/mol. The summed E-state index contributed by atoms with van der Waals surface area (Å²) in [5.74, 6) is 5.39. The second kappa shape index (κ2) is 13.9. The van der Waals surface area contributed by atoms with Crippen molar-refractivity contribution in [2.45, 2.75) is 44.9 Å². The molecule has 11 heteroatoms. The van der Waals surface area contributed by atoms with E-state index in [0.717, 1.165) is 35.1 Å². The summed E-state index contributed by atoms with van der Waals surface area (Å²) in [5.41, 5.74) is 8.02. The number of aliphatic hydroxyl groups is 2. The quantitative estimate of drug-likeness (QED) is 0.121. The molecule has 4 atom stereocenters. The lowest BCUT2D eigenvalue weighted by Crippen LogP contribution is -2.53. The average molecular weight is 539 g/mol. The van der Waals surface area contributed by atoms with E-state index in [-0.39, 0.29) is 30.8 Å². The number of nitrogens with one attached hydrogen (secondary N) is 1. The lowest BCUT2D eigenvalue weighted by Gasteiger charge is -2.37. The summed E-state index contributed by atoms with van der Waals surface area (Å²) in [6.07, 6.45) is -0.556. The fraction of sp³-hybridized carbons (Fsp3) is 0.429. The lowest BCUT2D eigenvalue weighted by molar-refractivity contribution is -0.244. The summed E-state index contributed by atoms with van der Waals surface area (Å²) in [6.45, 7) is 6.04. The number of methoxy groups -OCH3 is 1. The van der Waals surface area contributed by atoms with Crippen molar-refractivity contribution < 1.29 is 24.5 Å². The smallest absolute Gasteiger partial charge is 0.262 e. The number of anilines is 1. The number of nitriles is 1. The maximum atomic E-state index is 12.7. The van der Waals surface area contributed by atoms with Crippen LogP contribution in [0.3, 0.4) is 0 Å². The Balaban J connectivity index is 1.61. The van der Waals surface area contributed by atoms with Gasteiger partial charge in [-0.2, -0.15) is 5.26 Å². The van der Waals surface area contributed by atoms with Crippen molar-refractivity contribution in [3.63, 3.8) is 0 Å². The van der Waals surface area contributed by atoms with Gasteiger partial charge in [0.05, 0.1) is 19.2 Å². The van der Waals surface area contributed by atoms with Crippen molar-refractivity contribution >= 4 is 28.4 Å². The Labute approximate surface area is 228 Å². The zero-order chi connectivity index (χ0) is 28.5. The second-order valence-corrected chi connectivity index (χ2v) is 9.35. The van der Waals surface area contributed by atoms with Crippen LogP contribution in [0.1, 0.15) is 25.8 Å². The van der Waals surface area contributed by atoms with Gasteiger partial charge in [0.2, 0.25) is 0 Å². The van der Waals surface area contributed by atoms with Gasteiger partial charge in [-0.3, -0.25) is 4.79 Å². The van der Waals surface area contributed by atoms with Gasteiger partial charge in [0.1, 0.15) is 23.9 Å². The molecule has 0 aliphatic carbocycles. The van der Waals surface area contributed by atoms with Gasteiger partial charge in [0, 0.05) is 44.2 Å².